The summed E-state index contributed by atoms with van der Waals surface area (Å²) in [5.41, 5.74) is 1.39. The van der Waals surface area contributed by atoms with Gasteiger partial charge in [-0.3, -0.25) is 0 Å². The molecule has 1 heterocycles. The SMILES string of the molecule is CC(C)N(C)CCNc1ccnc(C#N)c1. The fourth-order valence-corrected chi connectivity index (χ4v) is 1.24. The van der Waals surface area contributed by atoms with Crippen molar-refractivity contribution < 1.29 is 0 Å². The topological polar surface area (TPSA) is 52.0 Å². The molecule has 0 aliphatic heterocycles. The van der Waals surface area contributed by atoms with Gasteiger partial charge in [0, 0.05) is 31.0 Å². The zero-order valence-corrected chi connectivity index (χ0v) is 10.1. The summed E-state index contributed by atoms with van der Waals surface area (Å²) in [5.74, 6) is 0. The second kappa shape index (κ2) is 6.09. The molecule has 0 saturated heterocycles. The van der Waals surface area contributed by atoms with Crippen LogP contribution in [0.15, 0.2) is 18.3 Å². The Labute approximate surface area is 96.9 Å². The Morgan fingerprint density at radius 2 is 2.31 bits per heavy atom. The summed E-state index contributed by atoms with van der Waals surface area (Å²) in [6.07, 6.45) is 1.65. The number of anilines is 1. The van der Waals surface area contributed by atoms with Gasteiger partial charge in [-0.05, 0) is 33.0 Å². The van der Waals surface area contributed by atoms with E-state index in [0.717, 1.165) is 18.8 Å². The molecule has 0 unspecified atom stereocenters. The lowest BCUT2D eigenvalue weighted by molar-refractivity contribution is 0.284. The molecule has 1 N–H and O–H groups in total. The normalized spacial score (nSPS) is 10.5. The Balaban J connectivity index is 2.40. The van der Waals surface area contributed by atoms with E-state index < -0.39 is 0 Å². The Morgan fingerprint density at radius 3 is 2.94 bits per heavy atom. The van der Waals surface area contributed by atoms with Crippen LogP contribution in [0.5, 0.6) is 0 Å². The first-order valence-corrected chi connectivity index (χ1v) is 5.43. The Morgan fingerprint density at radius 1 is 1.56 bits per heavy atom. The van der Waals surface area contributed by atoms with Crippen LogP contribution in [0.3, 0.4) is 0 Å². The molecule has 16 heavy (non-hydrogen) atoms. The molecule has 0 bridgehead atoms. The van der Waals surface area contributed by atoms with Crippen LogP contribution in [0, 0.1) is 11.3 Å². The van der Waals surface area contributed by atoms with Gasteiger partial charge in [0.15, 0.2) is 0 Å². The molecule has 0 aliphatic carbocycles. The van der Waals surface area contributed by atoms with E-state index in [1.54, 1.807) is 12.3 Å². The van der Waals surface area contributed by atoms with Crippen molar-refractivity contribution in [2.45, 2.75) is 19.9 Å². The number of pyridine rings is 1. The average molecular weight is 218 g/mol. The summed E-state index contributed by atoms with van der Waals surface area (Å²) >= 11 is 0. The van der Waals surface area contributed by atoms with E-state index in [1.165, 1.54) is 0 Å². The van der Waals surface area contributed by atoms with Gasteiger partial charge in [-0.2, -0.15) is 5.26 Å². The summed E-state index contributed by atoms with van der Waals surface area (Å²) in [6.45, 7) is 6.17. The molecule has 0 saturated carbocycles. The van der Waals surface area contributed by atoms with Gasteiger partial charge in [-0.15, -0.1) is 0 Å². The quantitative estimate of drug-likeness (QED) is 0.817. The molecule has 1 aromatic heterocycles. The molecule has 4 heteroatoms. The molecule has 0 fully saturated rings. The standard InChI is InChI=1S/C12H18N4/c1-10(2)16(3)7-6-15-11-4-5-14-12(8-11)9-13/h4-5,8,10H,6-7H2,1-3H3,(H,14,15). The highest BCUT2D eigenvalue weighted by Crippen LogP contribution is 2.06. The monoisotopic (exact) mass is 218 g/mol. The number of hydrogen-bond acceptors (Lipinski definition) is 4. The smallest absolute Gasteiger partial charge is 0.142 e. The number of rotatable bonds is 5. The minimum Gasteiger partial charge on any atom is -0.384 e. The fourth-order valence-electron chi connectivity index (χ4n) is 1.24. The number of aromatic nitrogens is 1. The van der Waals surface area contributed by atoms with Gasteiger partial charge in [-0.25, -0.2) is 4.98 Å². The van der Waals surface area contributed by atoms with Crippen LogP contribution < -0.4 is 5.32 Å². The highest BCUT2D eigenvalue weighted by molar-refractivity contribution is 5.45. The number of hydrogen-bond donors (Lipinski definition) is 1. The van der Waals surface area contributed by atoms with Crippen molar-refractivity contribution in [2.24, 2.45) is 0 Å². The zero-order valence-electron chi connectivity index (χ0n) is 10.1. The largest absolute Gasteiger partial charge is 0.384 e. The third-order valence-electron chi connectivity index (χ3n) is 2.55. The summed E-state index contributed by atoms with van der Waals surface area (Å²) in [4.78, 5) is 6.18. The van der Waals surface area contributed by atoms with Crippen molar-refractivity contribution in [1.29, 1.82) is 5.26 Å². The van der Waals surface area contributed by atoms with Crippen LogP contribution in [-0.4, -0.2) is 36.1 Å². The maximum atomic E-state index is 8.70. The van der Waals surface area contributed by atoms with Gasteiger partial charge >= 0.3 is 0 Å². The van der Waals surface area contributed by atoms with Crippen molar-refractivity contribution in [3.05, 3.63) is 24.0 Å². The molecular weight excluding hydrogens is 200 g/mol. The Hall–Kier alpha value is -1.60. The van der Waals surface area contributed by atoms with Crippen LogP contribution in [0.2, 0.25) is 0 Å². The van der Waals surface area contributed by atoms with E-state index in [2.05, 4.69) is 36.1 Å². The highest BCUT2D eigenvalue weighted by Gasteiger charge is 2.02. The van der Waals surface area contributed by atoms with Crippen molar-refractivity contribution >= 4 is 5.69 Å². The highest BCUT2D eigenvalue weighted by atomic mass is 15.1. The van der Waals surface area contributed by atoms with Gasteiger partial charge in [-0.1, -0.05) is 0 Å². The molecule has 0 spiro atoms. The van der Waals surface area contributed by atoms with Gasteiger partial charge in [0.1, 0.15) is 11.8 Å². The van der Waals surface area contributed by atoms with Gasteiger partial charge in [0.05, 0.1) is 0 Å². The van der Waals surface area contributed by atoms with E-state index in [9.17, 15) is 0 Å². The van der Waals surface area contributed by atoms with E-state index in [0.29, 0.717) is 11.7 Å². The summed E-state index contributed by atoms with van der Waals surface area (Å²) < 4.78 is 0. The molecule has 0 amide bonds. The number of nitrogens with one attached hydrogen (secondary N) is 1. The molecule has 1 aromatic rings. The van der Waals surface area contributed by atoms with Crippen LogP contribution in [0.1, 0.15) is 19.5 Å². The lowest BCUT2D eigenvalue weighted by Gasteiger charge is -2.21. The minimum absolute atomic E-state index is 0.446. The molecule has 4 nitrogen and oxygen atoms in total. The third-order valence-corrected chi connectivity index (χ3v) is 2.55. The molecule has 0 aromatic carbocycles. The molecule has 0 radical (unpaired) electrons. The second-order valence-electron chi connectivity index (χ2n) is 4.04. The number of likely N-dealkylation sites (N-methyl/N-ethyl adjacent to an activating group) is 1. The van der Waals surface area contributed by atoms with Crippen LogP contribution in [-0.2, 0) is 0 Å². The first kappa shape index (κ1) is 12.5. The third kappa shape index (κ3) is 3.87. The Bertz CT molecular complexity index is 368. The first-order chi connectivity index (χ1) is 7.63. The molecule has 0 atom stereocenters. The van der Waals surface area contributed by atoms with Crippen LogP contribution >= 0.6 is 0 Å². The fraction of sp³-hybridized carbons (Fsp3) is 0.500. The summed E-state index contributed by atoms with van der Waals surface area (Å²) in [7, 11) is 2.10. The average Bonchev–Trinajstić information content (AvgIpc) is 2.29. The number of nitrogens with zero attached hydrogens (tertiary/aromatic N) is 3. The van der Waals surface area contributed by atoms with E-state index in [1.807, 2.05) is 12.1 Å². The molecule has 1 rings (SSSR count). The first-order valence-electron chi connectivity index (χ1n) is 5.43. The lowest BCUT2D eigenvalue weighted by atomic mass is 10.3. The zero-order chi connectivity index (χ0) is 12.0. The van der Waals surface area contributed by atoms with Gasteiger partial charge in [0.25, 0.3) is 0 Å². The predicted octanol–water partition coefficient (Wildman–Crippen LogP) is 1.71. The predicted molar refractivity (Wildman–Crippen MR) is 65.2 cm³/mol. The van der Waals surface area contributed by atoms with Crippen molar-refractivity contribution in [1.82, 2.24) is 9.88 Å². The lowest BCUT2D eigenvalue weighted by Crippen LogP contribution is -2.31. The van der Waals surface area contributed by atoms with E-state index >= 15 is 0 Å². The molecular formula is C12H18N4. The minimum atomic E-state index is 0.446. The van der Waals surface area contributed by atoms with Gasteiger partial charge < -0.3 is 10.2 Å². The van der Waals surface area contributed by atoms with Crippen molar-refractivity contribution in [3.63, 3.8) is 0 Å². The summed E-state index contributed by atoms with van der Waals surface area (Å²) in [6, 6.07) is 6.20. The second-order valence-corrected chi connectivity index (χ2v) is 4.04. The summed E-state index contributed by atoms with van der Waals surface area (Å²) in [5, 5.41) is 12.0. The van der Waals surface area contributed by atoms with E-state index in [-0.39, 0.29) is 0 Å². The van der Waals surface area contributed by atoms with Gasteiger partial charge in [0.2, 0.25) is 0 Å². The van der Waals surface area contributed by atoms with E-state index in [4.69, 9.17) is 5.26 Å². The maximum absolute atomic E-state index is 8.70. The van der Waals surface area contributed by atoms with Crippen molar-refractivity contribution in [2.75, 3.05) is 25.5 Å². The van der Waals surface area contributed by atoms with Crippen LogP contribution in [0.4, 0.5) is 5.69 Å². The maximum Gasteiger partial charge on any atom is 0.142 e. The number of nitriles is 1. The van der Waals surface area contributed by atoms with Crippen molar-refractivity contribution in [3.8, 4) is 6.07 Å². The molecule has 86 valence electrons. The molecule has 0 aliphatic rings. The van der Waals surface area contributed by atoms with Crippen LogP contribution in [0.25, 0.3) is 0 Å². The Kier molecular flexibility index (Phi) is 4.74.